The van der Waals surface area contributed by atoms with Crippen molar-refractivity contribution in [3.63, 3.8) is 0 Å². The summed E-state index contributed by atoms with van der Waals surface area (Å²) in [5.41, 5.74) is -1.04. The molecule has 3 fully saturated rings. The van der Waals surface area contributed by atoms with Crippen LogP contribution in [0.15, 0.2) is 0 Å². The van der Waals surface area contributed by atoms with E-state index in [0.717, 1.165) is 6.42 Å². The SMILES string of the molecule is O=C1CCCN1CC(=O)N1CC[C@](O)(CN2CCC(F)(F)CC2)C1. The first kappa shape index (κ1) is 17.5. The van der Waals surface area contributed by atoms with Crippen LogP contribution in [0.25, 0.3) is 0 Å². The summed E-state index contributed by atoms with van der Waals surface area (Å²) >= 11 is 0. The van der Waals surface area contributed by atoms with Crippen LogP contribution in [0.5, 0.6) is 0 Å². The van der Waals surface area contributed by atoms with E-state index < -0.39 is 11.5 Å². The van der Waals surface area contributed by atoms with E-state index in [1.807, 2.05) is 4.90 Å². The number of β-amino-alcohol motifs (C(OH)–C–C–N with tert-alkyl or cyclic N) is 1. The summed E-state index contributed by atoms with van der Waals surface area (Å²) in [5.74, 6) is -2.74. The number of hydrogen-bond acceptors (Lipinski definition) is 4. The van der Waals surface area contributed by atoms with Crippen LogP contribution in [0.3, 0.4) is 0 Å². The van der Waals surface area contributed by atoms with Gasteiger partial charge in [0.15, 0.2) is 0 Å². The second kappa shape index (κ2) is 6.55. The Morgan fingerprint density at radius 3 is 2.46 bits per heavy atom. The van der Waals surface area contributed by atoms with Crippen molar-refractivity contribution in [3.05, 3.63) is 0 Å². The molecule has 0 saturated carbocycles. The number of hydrogen-bond donors (Lipinski definition) is 1. The minimum absolute atomic E-state index is 0.00653. The zero-order chi connectivity index (χ0) is 17.4. The fraction of sp³-hybridized carbons (Fsp3) is 0.875. The first-order valence-electron chi connectivity index (χ1n) is 8.65. The van der Waals surface area contributed by atoms with Gasteiger partial charge in [0.25, 0.3) is 5.92 Å². The van der Waals surface area contributed by atoms with Gasteiger partial charge in [-0.1, -0.05) is 0 Å². The van der Waals surface area contributed by atoms with Crippen LogP contribution in [0.1, 0.15) is 32.1 Å². The summed E-state index contributed by atoms with van der Waals surface area (Å²) in [6.45, 7) is 2.20. The van der Waals surface area contributed by atoms with E-state index in [4.69, 9.17) is 0 Å². The van der Waals surface area contributed by atoms with E-state index in [1.54, 1.807) is 9.80 Å². The summed E-state index contributed by atoms with van der Waals surface area (Å²) in [4.78, 5) is 28.9. The summed E-state index contributed by atoms with van der Waals surface area (Å²) < 4.78 is 26.4. The molecule has 1 N–H and O–H groups in total. The number of alkyl halides is 2. The van der Waals surface area contributed by atoms with Crippen LogP contribution < -0.4 is 0 Å². The summed E-state index contributed by atoms with van der Waals surface area (Å²) in [5, 5.41) is 10.7. The molecule has 3 heterocycles. The van der Waals surface area contributed by atoms with Crippen LogP contribution in [0.2, 0.25) is 0 Å². The Balaban J connectivity index is 1.48. The van der Waals surface area contributed by atoms with E-state index in [1.165, 1.54) is 0 Å². The minimum atomic E-state index is -2.60. The molecule has 6 nitrogen and oxygen atoms in total. The van der Waals surface area contributed by atoms with Gasteiger partial charge in [0.1, 0.15) is 0 Å². The molecule has 3 rings (SSSR count). The van der Waals surface area contributed by atoms with Gasteiger partial charge in [-0.2, -0.15) is 0 Å². The van der Waals surface area contributed by atoms with Crippen LogP contribution in [-0.4, -0.2) is 89.0 Å². The van der Waals surface area contributed by atoms with Crippen molar-refractivity contribution in [1.82, 2.24) is 14.7 Å². The van der Waals surface area contributed by atoms with E-state index >= 15 is 0 Å². The molecule has 0 spiro atoms. The van der Waals surface area contributed by atoms with E-state index in [0.29, 0.717) is 32.5 Å². The topological polar surface area (TPSA) is 64.1 Å². The van der Waals surface area contributed by atoms with Gasteiger partial charge >= 0.3 is 0 Å². The van der Waals surface area contributed by atoms with Gasteiger partial charge in [0, 0.05) is 52.0 Å². The summed E-state index contributed by atoms with van der Waals surface area (Å²) in [6, 6.07) is 0. The Morgan fingerprint density at radius 2 is 1.83 bits per heavy atom. The third-order valence-electron chi connectivity index (χ3n) is 5.29. The van der Waals surface area contributed by atoms with Crippen molar-refractivity contribution in [2.75, 3.05) is 45.8 Å². The Labute approximate surface area is 140 Å². The molecule has 2 amide bonds. The number of carbonyl (C=O) groups is 2. The van der Waals surface area contributed by atoms with Crippen LogP contribution in [0, 0.1) is 0 Å². The van der Waals surface area contributed by atoms with Gasteiger partial charge in [-0.3, -0.25) is 14.5 Å². The van der Waals surface area contributed by atoms with E-state index in [9.17, 15) is 23.5 Å². The third kappa shape index (κ3) is 4.03. The fourth-order valence-corrected chi connectivity index (χ4v) is 3.79. The highest BCUT2D eigenvalue weighted by Gasteiger charge is 2.42. The van der Waals surface area contributed by atoms with Crippen molar-refractivity contribution in [2.24, 2.45) is 0 Å². The van der Waals surface area contributed by atoms with Crippen molar-refractivity contribution >= 4 is 11.8 Å². The van der Waals surface area contributed by atoms with Gasteiger partial charge < -0.3 is 14.9 Å². The largest absolute Gasteiger partial charge is 0.387 e. The van der Waals surface area contributed by atoms with E-state index in [-0.39, 0.29) is 50.8 Å². The number of rotatable bonds is 4. The van der Waals surface area contributed by atoms with Gasteiger partial charge in [-0.25, -0.2) is 8.78 Å². The Kier molecular flexibility index (Phi) is 4.79. The Hall–Kier alpha value is -1.28. The molecular weight excluding hydrogens is 320 g/mol. The minimum Gasteiger partial charge on any atom is -0.387 e. The van der Waals surface area contributed by atoms with Crippen LogP contribution in [0.4, 0.5) is 8.78 Å². The van der Waals surface area contributed by atoms with Crippen molar-refractivity contribution in [1.29, 1.82) is 0 Å². The highest BCUT2D eigenvalue weighted by Crippen LogP contribution is 2.30. The molecule has 8 heteroatoms. The molecule has 0 aromatic heterocycles. The maximum atomic E-state index is 13.2. The molecule has 0 aliphatic carbocycles. The lowest BCUT2D eigenvalue weighted by Crippen LogP contribution is -2.50. The molecule has 0 aromatic carbocycles. The zero-order valence-electron chi connectivity index (χ0n) is 13.8. The average Bonchev–Trinajstić information content (AvgIpc) is 3.09. The predicted octanol–water partition coefficient (Wildman–Crippen LogP) is 0.303. The maximum absolute atomic E-state index is 13.2. The lowest BCUT2D eigenvalue weighted by atomic mass is 10.00. The first-order chi connectivity index (χ1) is 11.3. The number of aliphatic hydroxyl groups is 1. The maximum Gasteiger partial charge on any atom is 0.250 e. The molecule has 0 radical (unpaired) electrons. The Morgan fingerprint density at radius 1 is 1.12 bits per heavy atom. The highest BCUT2D eigenvalue weighted by atomic mass is 19.3. The number of likely N-dealkylation sites (tertiary alicyclic amines) is 3. The molecule has 0 aromatic rings. The number of amides is 2. The van der Waals surface area contributed by atoms with Crippen molar-refractivity contribution in [3.8, 4) is 0 Å². The Bertz CT molecular complexity index is 507. The number of piperidine rings is 1. The quantitative estimate of drug-likeness (QED) is 0.796. The second-order valence-corrected chi connectivity index (χ2v) is 7.34. The number of nitrogens with zero attached hydrogens (tertiary/aromatic N) is 3. The molecule has 24 heavy (non-hydrogen) atoms. The van der Waals surface area contributed by atoms with Crippen molar-refractivity contribution < 1.29 is 23.5 Å². The molecule has 0 bridgehead atoms. The molecule has 136 valence electrons. The first-order valence-corrected chi connectivity index (χ1v) is 8.65. The monoisotopic (exact) mass is 345 g/mol. The second-order valence-electron chi connectivity index (χ2n) is 7.34. The third-order valence-corrected chi connectivity index (χ3v) is 5.29. The number of carbonyl (C=O) groups excluding carboxylic acids is 2. The summed E-state index contributed by atoms with van der Waals surface area (Å²) in [7, 11) is 0. The molecule has 3 saturated heterocycles. The number of halogens is 2. The molecule has 0 unspecified atom stereocenters. The van der Waals surface area contributed by atoms with Gasteiger partial charge in [0.2, 0.25) is 11.8 Å². The van der Waals surface area contributed by atoms with Gasteiger partial charge in [-0.05, 0) is 12.8 Å². The standard InChI is InChI=1S/C16H25F2N3O3/c17-16(18)4-7-19(8-5-16)11-15(24)3-9-21(12-15)14(23)10-20-6-1-2-13(20)22/h24H,1-12H2/t15-/m0/s1. The lowest BCUT2D eigenvalue weighted by molar-refractivity contribution is -0.138. The highest BCUT2D eigenvalue weighted by molar-refractivity contribution is 5.86. The van der Waals surface area contributed by atoms with Crippen LogP contribution >= 0.6 is 0 Å². The summed E-state index contributed by atoms with van der Waals surface area (Å²) in [6.07, 6.45) is 1.37. The van der Waals surface area contributed by atoms with Gasteiger partial charge in [-0.15, -0.1) is 0 Å². The van der Waals surface area contributed by atoms with Crippen molar-refractivity contribution in [2.45, 2.75) is 43.6 Å². The van der Waals surface area contributed by atoms with Gasteiger partial charge in [0.05, 0.1) is 18.7 Å². The fourth-order valence-electron chi connectivity index (χ4n) is 3.79. The van der Waals surface area contributed by atoms with Crippen LogP contribution in [-0.2, 0) is 9.59 Å². The lowest BCUT2D eigenvalue weighted by Gasteiger charge is -2.36. The molecule has 1 atom stereocenters. The molecule has 3 aliphatic rings. The predicted molar refractivity (Wildman–Crippen MR) is 82.6 cm³/mol. The average molecular weight is 345 g/mol. The normalized spacial score (nSPS) is 31.0. The molecular formula is C16H25F2N3O3. The smallest absolute Gasteiger partial charge is 0.250 e. The van der Waals surface area contributed by atoms with E-state index in [2.05, 4.69) is 0 Å². The molecule has 3 aliphatic heterocycles. The zero-order valence-corrected chi connectivity index (χ0v) is 13.8.